The molecular weight excluding hydrogens is 364 g/mol. The largest absolute Gasteiger partial charge is 0.355 e. The Morgan fingerprint density at radius 3 is 2.31 bits per heavy atom. The van der Waals surface area contributed by atoms with E-state index in [2.05, 4.69) is 20.6 Å². The van der Waals surface area contributed by atoms with Crippen molar-refractivity contribution >= 4 is 28.4 Å². The fourth-order valence-corrected chi connectivity index (χ4v) is 3.08. The van der Waals surface area contributed by atoms with E-state index in [4.69, 9.17) is 0 Å². The van der Waals surface area contributed by atoms with Gasteiger partial charge in [-0.3, -0.25) is 14.6 Å². The van der Waals surface area contributed by atoms with Gasteiger partial charge < -0.3 is 10.6 Å². The van der Waals surface area contributed by atoms with Gasteiger partial charge in [-0.15, -0.1) is 0 Å². The van der Waals surface area contributed by atoms with Gasteiger partial charge in [-0.1, -0.05) is 18.2 Å². The van der Waals surface area contributed by atoms with Crippen molar-refractivity contribution < 1.29 is 9.59 Å². The highest BCUT2D eigenvalue weighted by Gasteiger charge is 2.14. The number of benzene rings is 2. The number of hydrogen-bond donors (Lipinski definition) is 2. The van der Waals surface area contributed by atoms with Gasteiger partial charge in [0.25, 0.3) is 11.8 Å². The first-order chi connectivity index (χ1) is 14.2. The molecule has 4 rings (SSSR count). The van der Waals surface area contributed by atoms with Crippen LogP contribution in [0.25, 0.3) is 22.2 Å². The van der Waals surface area contributed by atoms with Crippen molar-refractivity contribution in [2.45, 2.75) is 0 Å². The molecule has 29 heavy (non-hydrogen) atoms. The molecule has 6 nitrogen and oxygen atoms in total. The van der Waals surface area contributed by atoms with Crippen LogP contribution in [0.1, 0.15) is 20.7 Å². The summed E-state index contributed by atoms with van der Waals surface area (Å²) in [6.07, 6.45) is 3.39. The summed E-state index contributed by atoms with van der Waals surface area (Å²) in [5.74, 6) is -0.420. The molecular formula is C23H18N4O2. The summed E-state index contributed by atoms with van der Waals surface area (Å²) in [6.45, 7) is 0. The Morgan fingerprint density at radius 2 is 1.59 bits per heavy atom. The topological polar surface area (TPSA) is 84.0 Å². The first-order valence-corrected chi connectivity index (χ1v) is 9.09. The molecule has 142 valence electrons. The minimum absolute atomic E-state index is 0.176. The molecule has 6 heteroatoms. The Balaban J connectivity index is 1.70. The van der Waals surface area contributed by atoms with Crippen molar-refractivity contribution in [3.05, 3.63) is 90.3 Å². The quantitative estimate of drug-likeness (QED) is 0.560. The Hall–Kier alpha value is -4.06. The molecule has 0 unspecified atom stereocenters. The number of amides is 2. The summed E-state index contributed by atoms with van der Waals surface area (Å²) in [4.78, 5) is 33.5. The number of anilines is 1. The zero-order chi connectivity index (χ0) is 20.2. The molecule has 0 aliphatic heterocycles. The second kappa shape index (κ2) is 7.90. The van der Waals surface area contributed by atoms with E-state index in [9.17, 15) is 9.59 Å². The summed E-state index contributed by atoms with van der Waals surface area (Å²) < 4.78 is 0. The van der Waals surface area contributed by atoms with E-state index in [0.29, 0.717) is 22.5 Å². The van der Waals surface area contributed by atoms with Crippen LogP contribution in [0.5, 0.6) is 0 Å². The molecule has 0 fully saturated rings. The highest BCUT2D eigenvalue weighted by Crippen LogP contribution is 2.25. The maximum absolute atomic E-state index is 13.1. The molecule has 2 heterocycles. The minimum atomic E-state index is -0.244. The number of para-hydroxylation sites is 1. The fraction of sp³-hybridized carbons (Fsp3) is 0.0435. The maximum atomic E-state index is 13.1. The summed E-state index contributed by atoms with van der Waals surface area (Å²) in [5.41, 5.74) is 3.98. The predicted molar refractivity (Wildman–Crippen MR) is 113 cm³/mol. The highest BCUT2D eigenvalue weighted by atomic mass is 16.2. The molecule has 2 aromatic heterocycles. The van der Waals surface area contributed by atoms with E-state index in [0.717, 1.165) is 16.5 Å². The second-order valence-corrected chi connectivity index (χ2v) is 6.42. The van der Waals surface area contributed by atoms with Gasteiger partial charge in [0, 0.05) is 41.6 Å². The Morgan fingerprint density at radius 1 is 0.862 bits per heavy atom. The first-order valence-electron chi connectivity index (χ1n) is 9.09. The van der Waals surface area contributed by atoms with E-state index in [-0.39, 0.29) is 11.8 Å². The third kappa shape index (κ3) is 3.82. The second-order valence-electron chi connectivity index (χ2n) is 6.42. The van der Waals surface area contributed by atoms with Gasteiger partial charge in [0.1, 0.15) is 0 Å². The molecule has 0 aliphatic carbocycles. The number of rotatable bonds is 4. The number of fused-ring (bicyclic) bond motifs is 1. The lowest BCUT2D eigenvalue weighted by Crippen LogP contribution is -2.18. The van der Waals surface area contributed by atoms with Crippen molar-refractivity contribution in [3.63, 3.8) is 0 Å². The average molecular weight is 382 g/mol. The summed E-state index contributed by atoms with van der Waals surface area (Å²) >= 11 is 0. The molecule has 4 aromatic rings. The molecule has 0 spiro atoms. The normalized spacial score (nSPS) is 10.5. The Bertz CT molecular complexity index is 1190. The highest BCUT2D eigenvalue weighted by molar-refractivity contribution is 6.13. The van der Waals surface area contributed by atoms with Gasteiger partial charge in [-0.25, -0.2) is 4.98 Å². The lowest BCUT2D eigenvalue weighted by molar-refractivity contribution is 0.0962. The molecule has 0 atom stereocenters. The van der Waals surface area contributed by atoms with Crippen LogP contribution in [0.15, 0.2) is 79.1 Å². The van der Waals surface area contributed by atoms with E-state index in [1.807, 2.05) is 36.4 Å². The van der Waals surface area contributed by atoms with Gasteiger partial charge in [0.2, 0.25) is 0 Å². The lowest BCUT2D eigenvalue weighted by atomic mass is 10.0. The molecule has 0 saturated heterocycles. The molecule has 0 radical (unpaired) electrons. The summed E-state index contributed by atoms with van der Waals surface area (Å²) in [5, 5.41) is 6.24. The van der Waals surface area contributed by atoms with Crippen LogP contribution in [0.3, 0.4) is 0 Å². The number of pyridine rings is 2. The third-order valence-corrected chi connectivity index (χ3v) is 4.57. The van der Waals surface area contributed by atoms with Crippen LogP contribution in [-0.2, 0) is 0 Å². The fourth-order valence-electron chi connectivity index (χ4n) is 3.08. The SMILES string of the molecule is CNC(=O)c1ccc(NC(=O)c2cc(-c3ccncc3)nc3ccccc23)cc1. The molecule has 2 N–H and O–H groups in total. The van der Waals surface area contributed by atoms with E-state index in [1.54, 1.807) is 49.8 Å². The van der Waals surface area contributed by atoms with E-state index in [1.165, 1.54) is 0 Å². The van der Waals surface area contributed by atoms with Crippen molar-refractivity contribution in [2.75, 3.05) is 12.4 Å². The first kappa shape index (κ1) is 18.3. The van der Waals surface area contributed by atoms with Crippen LogP contribution >= 0.6 is 0 Å². The van der Waals surface area contributed by atoms with Crippen LogP contribution in [0.4, 0.5) is 5.69 Å². The van der Waals surface area contributed by atoms with Crippen molar-refractivity contribution in [2.24, 2.45) is 0 Å². The number of aromatic nitrogens is 2. The molecule has 0 bridgehead atoms. The number of nitrogens with one attached hydrogen (secondary N) is 2. The molecule has 2 aromatic carbocycles. The van der Waals surface area contributed by atoms with Gasteiger partial charge in [0.05, 0.1) is 16.8 Å². The standard InChI is InChI=1S/C23H18N4O2/c1-24-22(28)16-6-8-17(9-7-16)26-23(29)19-14-21(15-10-12-25-13-11-15)27-20-5-3-2-4-18(19)20/h2-14H,1H3,(H,24,28)(H,26,29). The van der Waals surface area contributed by atoms with Crippen LogP contribution < -0.4 is 10.6 Å². The van der Waals surface area contributed by atoms with Crippen molar-refractivity contribution in [1.29, 1.82) is 0 Å². The molecule has 0 aliphatic rings. The zero-order valence-electron chi connectivity index (χ0n) is 15.7. The van der Waals surface area contributed by atoms with E-state index < -0.39 is 0 Å². The number of carbonyl (C=O) groups excluding carboxylic acids is 2. The van der Waals surface area contributed by atoms with Crippen LogP contribution in [0.2, 0.25) is 0 Å². The van der Waals surface area contributed by atoms with Crippen LogP contribution in [0, 0.1) is 0 Å². The van der Waals surface area contributed by atoms with Gasteiger partial charge in [-0.2, -0.15) is 0 Å². The predicted octanol–water partition coefficient (Wildman–Crippen LogP) is 3.91. The maximum Gasteiger partial charge on any atom is 0.256 e. The smallest absolute Gasteiger partial charge is 0.256 e. The van der Waals surface area contributed by atoms with Gasteiger partial charge in [0.15, 0.2) is 0 Å². The van der Waals surface area contributed by atoms with Gasteiger partial charge in [-0.05, 0) is 48.5 Å². The molecule has 0 saturated carbocycles. The Kier molecular flexibility index (Phi) is 4.99. The zero-order valence-corrected chi connectivity index (χ0v) is 15.7. The minimum Gasteiger partial charge on any atom is -0.355 e. The average Bonchev–Trinajstić information content (AvgIpc) is 2.78. The number of nitrogens with zero attached hydrogens (tertiary/aromatic N) is 2. The van der Waals surface area contributed by atoms with E-state index >= 15 is 0 Å². The molecule has 2 amide bonds. The third-order valence-electron chi connectivity index (χ3n) is 4.57. The van der Waals surface area contributed by atoms with Crippen LogP contribution in [-0.4, -0.2) is 28.8 Å². The summed E-state index contributed by atoms with van der Waals surface area (Å²) in [7, 11) is 1.58. The Labute approximate surface area is 167 Å². The monoisotopic (exact) mass is 382 g/mol. The lowest BCUT2D eigenvalue weighted by Gasteiger charge is -2.11. The number of hydrogen-bond acceptors (Lipinski definition) is 4. The number of carbonyl (C=O) groups is 2. The van der Waals surface area contributed by atoms with Gasteiger partial charge >= 0.3 is 0 Å². The van der Waals surface area contributed by atoms with Crippen molar-refractivity contribution in [3.8, 4) is 11.3 Å². The summed E-state index contributed by atoms with van der Waals surface area (Å²) in [6, 6.07) is 19.8. The van der Waals surface area contributed by atoms with Crippen molar-refractivity contribution in [1.82, 2.24) is 15.3 Å².